The third-order valence-corrected chi connectivity index (χ3v) is 2.40. The van der Waals surface area contributed by atoms with Crippen LogP contribution in [0.25, 0.3) is 0 Å². The van der Waals surface area contributed by atoms with Crippen molar-refractivity contribution in [3.8, 4) is 0 Å². The van der Waals surface area contributed by atoms with E-state index in [9.17, 15) is 14.0 Å². The second kappa shape index (κ2) is 4.89. The molecule has 5 nitrogen and oxygen atoms in total. The van der Waals surface area contributed by atoms with Crippen LogP contribution in [-0.4, -0.2) is 48.9 Å². The van der Waals surface area contributed by atoms with Gasteiger partial charge in [0, 0.05) is 6.54 Å². The van der Waals surface area contributed by atoms with E-state index in [-0.39, 0.29) is 13.1 Å². The van der Waals surface area contributed by atoms with Crippen LogP contribution in [0.15, 0.2) is 0 Å². The highest BCUT2D eigenvalue weighted by atomic mass is 19.1. The van der Waals surface area contributed by atoms with Gasteiger partial charge in [0.05, 0.1) is 13.7 Å². The topological polar surface area (TPSA) is 55.8 Å². The molecule has 1 aliphatic rings. The van der Waals surface area contributed by atoms with E-state index in [1.807, 2.05) is 0 Å². The van der Waals surface area contributed by atoms with Crippen LogP contribution in [0.2, 0.25) is 0 Å². The first-order valence-corrected chi connectivity index (χ1v) is 5.44. The number of alkyl halides is 1. The molecule has 1 rings (SSSR count). The van der Waals surface area contributed by atoms with Crippen LogP contribution in [0.3, 0.4) is 0 Å². The fraction of sp³-hybridized carbons (Fsp3) is 0.818. The molecule has 0 saturated carbocycles. The molecule has 1 heterocycles. The Bertz CT molecular complexity index is 313. The highest BCUT2D eigenvalue weighted by Crippen LogP contribution is 2.23. The van der Waals surface area contributed by atoms with E-state index in [4.69, 9.17) is 4.74 Å². The number of esters is 1. The predicted octanol–water partition coefficient (Wildman–Crippen LogP) is 1.36. The highest BCUT2D eigenvalue weighted by Gasteiger charge is 2.41. The van der Waals surface area contributed by atoms with Crippen LogP contribution in [-0.2, 0) is 14.3 Å². The predicted molar refractivity (Wildman–Crippen MR) is 58.2 cm³/mol. The third-order valence-electron chi connectivity index (χ3n) is 2.40. The number of amides is 1. The van der Waals surface area contributed by atoms with Crippen LogP contribution >= 0.6 is 0 Å². The van der Waals surface area contributed by atoms with Gasteiger partial charge in [0.2, 0.25) is 0 Å². The minimum atomic E-state index is -1.39. The van der Waals surface area contributed by atoms with Crippen LogP contribution in [0.5, 0.6) is 0 Å². The number of carbonyl (C=O) groups excluding carboxylic acids is 2. The summed E-state index contributed by atoms with van der Waals surface area (Å²) in [5.74, 6) is -1.55. The van der Waals surface area contributed by atoms with Gasteiger partial charge in [-0.1, -0.05) is 0 Å². The van der Waals surface area contributed by atoms with Crippen LogP contribution in [0.1, 0.15) is 20.8 Å². The number of ether oxygens (including phenoxy) is 2. The van der Waals surface area contributed by atoms with Crippen molar-refractivity contribution in [2.24, 2.45) is 5.92 Å². The maximum absolute atomic E-state index is 13.5. The van der Waals surface area contributed by atoms with Gasteiger partial charge in [0.15, 0.2) is 0 Å². The summed E-state index contributed by atoms with van der Waals surface area (Å²) in [5, 5.41) is 0. The normalized spacial score (nSPS) is 24.6. The molecule has 0 radical (unpaired) electrons. The molecule has 0 aromatic heterocycles. The summed E-state index contributed by atoms with van der Waals surface area (Å²) in [6.07, 6.45) is -2.00. The Balaban J connectivity index is 2.60. The Labute approximate surface area is 99.9 Å². The molecule has 17 heavy (non-hydrogen) atoms. The van der Waals surface area contributed by atoms with E-state index in [0.29, 0.717) is 0 Å². The minimum absolute atomic E-state index is 0.00273. The minimum Gasteiger partial charge on any atom is -0.469 e. The quantitative estimate of drug-likeness (QED) is 0.657. The van der Waals surface area contributed by atoms with Crippen molar-refractivity contribution in [2.75, 3.05) is 20.2 Å². The Morgan fingerprint density at radius 1 is 1.29 bits per heavy atom. The second-order valence-electron chi connectivity index (χ2n) is 5.03. The van der Waals surface area contributed by atoms with Crippen LogP contribution in [0.4, 0.5) is 9.18 Å². The molecule has 1 aliphatic heterocycles. The van der Waals surface area contributed by atoms with Crippen molar-refractivity contribution in [1.29, 1.82) is 0 Å². The molecular formula is C11H18FNO4. The van der Waals surface area contributed by atoms with Gasteiger partial charge in [-0.15, -0.1) is 0 Å². The number of hydrogen-bond acceptors (Lipinski definition) is 4. The van der Waals surface area contributed by atoms with Gasteiger partial charge < -0.3 is 14.4 Å². The van der Waals surface area contributed by atoms with Gasteiger partial charge in [0.25, 0.3) is 0 Å². The lowest BCUT2D eigenvalue weighted by Gasteiger charge is -2.24. The second-order valence-corrected chi connectivity index (χ2v) is 5.03. The lowest BCUT2D eigenvalue weighted by Crippen LogP contribution is -2.36. The number of rotatable bonds is 1. The van der Waals surface area contributed by atoms with Gasteiger partial charge in [0.1, 0.15) is 17.7 Å². The summed E-state index contributed by atoms with van der Waals surface area (Å²) < 4.78 is 23.1. The zero-order valence-electron chi connectivity index (χ0n) is 10.5. The summed E-state index contributed by atoms with van der Waals surface area (Å²) in [5.41, 5.74) is -0.633. The van der Waals surface area contributed by atoms with Crippen molar-refractivity contribution in [1.82, 2.24) is 4.90 Å². The van der Waals surface area contributed by atoms with E-state index in [1.165, 1.54) is 12.0 Å². The largest absolute Gasteiger partial charge is 0.469 e. The maximum atomic E-state index is 13.5. The van der Waals surface area contributed by atoms with Gasteiger partial charge in [-0.25, -0.2) is 9.18 Å². The fourth-order valence-corrected chi connectivity index (χ4v) is 1.61. The molecule has 1 saturated heterocycles. The average molecular weight is 247 g/mol. The molecular weight excluding hydrogens is 229 g/mol. The van der Waals surface area contributed by atoms with E-state index >= 15 is 0 Å². The first-order chi connectivity index (χ1) is 7.74. The molecule has 0 bridgehead atoms. The third kappa shape index (κ3) is 3.57. The van der Waals surface area contributed by atoms with Gasteiger partial charge in [-0.3, -0.25) is 4.79 Å². The first-order valence-electron chi connectivity index (χ1n) is 5.44. The Hall–Kier alpha value is -1.33. The molecule has 1 amide bonds. The van der Waals surface area contributed by atoms with Crippen molar-refractivity contribution < 1.29 is 23.5 Å². The first kappa shape index (κ1) is 13.7. The molecule has 0 aromatic rings. The molecule has 0 aromatic carbocycles. The number of nitrogens with zero attached hydrogens (tertiary/aromatic N) is 1. The molecule has 0 spiro atoms. The van der Waals surface area contributed by atoms with Crippen LogP contribution in [0, 0.1) is 5.92 Å². The van der Waals surface area contributed by atoms with Gasteiger partial charge in [-0.05, 0) is 20.8 Å². The molecule has 0 N–H and O–H groups in total. The van der Waals surface area contributed by atoms with Crippen LogP contribution < -0.4 is 0 Å². The number of hydrogen-bond donors (Lipinski definition) is 0. The highest BCUT2D eigenvalue weighted by molar-refractivity contribution is 5.76. The molecule has 98 valence electrons. The smallest absolute Gasteiger partial charge is 0.410 e. The summed E-state index contributed by atoms with van der Waals surface area (Å²) in [7, 11) is 1.20. The lowest BCUT2D eigenvalue weighted by molar-refractivity contribution is -0.146. The molecule has 2 atom stereocenters. The SMILES string of the molecule is COC(=O)[C@@H]1CN(C(=O)OC(C)(C)C)C[C@H]1F. The molecule has 1 fully saturated rings. The molecule has 6 heteroatoms. The number of likely N-dealkylation sites (tertiary alicyclic amines) is 1. The van der Waals surface area contributed by atoms with E-state index in [1.54, 1.807) is 20.8 Å². The maximum Gasteiger partial charge on any atom is 0.410 e. The van der Waals surface area contributed by atoms with Crippen molar-refractivity contribution in [3.63, 3.8) is 0 Å². The number of halogens is 1. The number of carbonyl (C=O) groups is 2. The Morgan fingerprint density at radius 2 is 1.88 bits per heavy atom. The summed E-state index contributed by atoms with van der Waals surface area (Å²) in [6, 6.07) is 0. The average Bonchev–Trinajstić information content (AvgIpc) is 2.57. The lowest BCUT2D eigenvalue weighted by atomic mass is 10.1. The number of methoxy groups -OCH3 is 1. The Morgan fingerprint density at radius 3 is 2.35 bits per heavy atom. The monoisotopic (exact) mass is 247 g/mol. The zero-order valence-corrected chi connectivity index (χ0v) is 10.5. The zero-order chi connectivity index (χ0) is 13.2. The van der Waals surface area contributed by atoms with Crippen molar-refractivity contribution in [2.45, 2.75) is 32.5 Å². The van der Waals surface area contributed by atoms with Crippen molar-refractivity contribution >= 4 is 12.1 Å². The van der Waals surface area contributed by atoms with E-state index < -0.39 is 29.8 Å². The van der Waals surface area contributed by atoms with E-state index in [0.717, 1.165) is 0 Å². The Kier molecular flexibility index (Phi) is 3.95. The van der Waals surface area contributed by atoms with E-state index in [2.05, 4.69) is 4.74 Å². The fourth-order valence-electron chi connectivity index (χ4n) is 1.61. The van der Waals surface area contributed by atoms with Gasteiger partial charge in [-0.2, -0.15) is 0 Å². The summed E-state index contributed by atoms with van der Waals surface area (Å²) in [4.78, 5) is 24.1. The summed E-state index contributed by atoms with van der Waals surface area (Å²) >= 11 is 0. The standard InChI is InChI=1S/C11H18FNO4/c1-11(2,3)17-10(15)13-5-7(8(12)6-13)9(14)16-4/h7-8H,5-6H2,1-4H3/t7-,8-/m1/s1. The molecule has 0 unspecified atom stereocenters. The summed E-state index contributed by atoms with van der Waals surface area (Å²) in [6.45, 7) is 5.06. The molecule has 0 aliphatic carbocycles. The van der Waals surface area contributed by atoms with Crippen molar-refractivity contribution in [3.05, 3.63) is 0 Å². The van der Waals surface area contributed by atoms with Gasteiger partial charge >= 0.3 is 12.1 Å².